The molecule has 84 valence electrons. The Balaban J connectivity index is 2.13. The average Bonchev–Trinajstić information content (AvgIpc) is 2.69. The van der Waals surface area contributed by atoms with Crippen molar-refractivity contribution in [2.75, 3.05) is 7.05 Å². The first-order valence-electron chi connectivity index (χ1n) is 5.15. The highest BCUT2D eigenvalue weighted by atomic mass is 32.1. The van der Waals surface area contributed by atoms with Gasteiger partial charge in [0.2, 0.25) is 5.91 Å². The Bertz CT molecular complexity index is 504. The second-order valence-corrected chi connectivity index (χ2v) is 4.67. The highest BCUT2D eigenvalue weighted by Crippen LogP contribution is 2.26. The van der Waals surface area contributed by atoms with E-state index in [0.29, 0.717) is 6.42 Å². The highest BCUT2D eigenvalue weighted by molar-refractivity contribution is 7.17. The van der Waals surface area contributed by atoms with Gasteiger partial charge in [-0.2, -0.15) is 0 Å². The molecule has 16 heavy (non-hydrogen) atoms. The minimum Gasteiger partial charge on any atom is -0.284 e. The van der Waals surface area contributed by atoms with Gasteiger partial charge in [0, 0.05) is 18.2 Å². The van der Waals surface area contributed by atoms with Crippen LogP contribution >= 0.6 is 11.3 Å². The van der Waals surface area contributed by atoms with E-state index in [2.05, 4.69) is 17.5 Å². The van der Waals surface area contributed by atoms with Crippen LogP contribution < -0.4 is 5.84 Å². The van der Waals surface area contributed by atoms with Gasteiger partial charge in [-0.15, -0.1) is 11.3 Å². The summed E-state index contributed by atoms with van der Waals surface area (Å²) >= 11 is 1.72. The van der Waals surface area contributed by atoms with Gasteiger partial charge < -0.3 is 0 Å². The second-order valence-electron chi connectivity index (χ2n) is 3.76. The number of carbonyl (C=O) groups excluding carboxylic acids is 1. The lowest BCUT2D eigenvalue weighted by molar-refractivity contribution is -0.130. The van der Waals surface area contributed by atoms with Crippen LogP contribution in [0.25, 0.3) is 10.1 Å². The molecule has 0 saturated heterocycles. The number of fused-ring (bicyclic) bond motifs is 1. The number of thiophene rings is 1. The number of benzene rings is 1. The Morgan fingerprint density at radius 3 is 2.94 bits per heavy atom. The first kappa shape index (κ1) is 11.1. The van der Waals surface area contributed by atoms with Crippen molar-refractivity contribution in [2.24, 2.45) is 5.84 Å². The van der Waals surface area contributed by atoms with Gasteiger partial charge in [0.15, 0.2) is 0 Å². The number of nitrogens with zero attached hydrogens (tertiary/aromatic N) is 1. The van der Waals surface area contributed by atoms with Gasteiger partial charge >= 0.3 is 0 Å². The van der Waals surface area contributed by atoms with Crippen LogP contribution in [-0.2, 0) is 11.2 Å². The number of hydrazine groups is 1. The van der Waals surface area contributed by atoms with Crippen LogP contribution in [0.3, 0.4) is 0 Å². The fourth-order valence-corrected chi connectivity index (χ4v) is 2.64. The molecule has 0 unspecified atom stereocenters. The molecule has 0 saturated carbocycles. The number of amides is 1. The maximum atomic E-state index is 11.4. The van der Waals surface area contributed by atoms with Crippen molar-refractivity contribution in [1.82, 2.24) is 5.01 Å². The van der Waals surface area contributed by atoms with Crippen molar-refractivity contribution in [3.05, 3.63) is 35.2 Å². The molecule has 4 heteroatoms. The summed E-state index contributed by atoms with van der Waals surface area (Å²) in [5.41, 5.74) is 1.23. The molecule has 2 aromatic rings. The molecule has 0 bridgehead atoms. The van der Waals surface area contributed by atoms with Gasteiger partial charge in [-0.25, -0.2) is 5.84 Å². The van der Waals surface area contributed by atoms with Crippen molar-refractivity contribution < 1.29 is 4.79 Å². The van der Waals surface area contributed by atoms with E-state index in [-0.39, 0.29) is 5.91 Å². The first-order chi connectivity index (χ1) is 7.68. The summed E-state index contributed by atoms with van der Waals surface area (Å²) in [7, 11) is 1.58. The zero-order valence-corrected chi connectivity index (χ0v) is 9.96. The predicted molar refractivity (Wildman–Crippen MR) is 67.1 cm³/mol. The number of hydrogen-bond acceptors (Lipinski definition) is 3. The smallest absolute Gasteiger partial charge is 0.236 e. The lowest BCUT2D eigenvalue weighted by Gasteiger charge is -2.08. The van der Waals surface area contributed by atoms with Crippen molar-refractivity contribution >= 4 is 27.3 Å². The molecule has 0 aliphatic carbocycles. The molecule has 1 aromatic carbocycles. The van der Waals surface area contributed by atoms with Crippen LogP contribution in [0.1, 0.15) is 12.0 Å². The molecule has 0 radical (unpaired) electrons. The van der Waals surface area contributed by atoms with Crippen LogP contribution in [0.5, 0.6) is 0 Å². The van der Waals surface area contributed by atoms with E-state index in [9.17, 15) is 4.79 Å². The molecular formula is C12H14N2OS. The molecule has 0 aliphatic heterocycles. The van der Waals surface area contributed by atoms with Crippen LogP contribution in [0, 0.1) is 0 Å². The molecule has 0 fully saturated rings. The number of rotatable bonds is 3. The predicted octanol–water partition coefficient (Wildman–Crippen LogP) is 2.17. The quantitative estimate of drug-likeness (QED) is 0.502. The van der Waals surface area contributed by atoms with Gasteiger partial charge in [-0.1, -0.05) is 18.2 Å². The van der Waals surface area contributed by atoms with Crippen LogP contribution in [0.2, 0.25) is 0 Å². The largest absolute Gasteiger partial charge is 0.284 e. The highest BCUT2D eigenvalue weighted by Gasteiger charge is 2.08. The third-order valence-electron chi connectivity index (χ3n) is 2.56. The van der Waals surface area contributed by atoms with Gasteiger partial charge in [0.05, 0.1) is 0 Å². The molecule has 1 aromatic heterocycles. The Kier molecular flexibility index (Phi) is 3.22. The minimum absolute atomic E-state index is 0.0321. The molecule has 0 atom stereocenters. The lowest BCUT2D eigenvalue weighted by atomic mass is 10.1. The number of nitrogens with two attached hydrogens (primary N) is 1. The fourth-order valence-electron chi connectivity index (χ4n) is 1.64. The maximum Gasteiger partial charge on any atom is 0.236 e. The summed E-state index contributed by atoms with van der Waals surface area (Å²) in [4.78, 5) is 11.4. The molecule has 2 rings (SSSR count). The molecule has 1 heterocycles. The van der Waals surface area contributed by atoms with Gasteiger partial charge in [0.25, 0.3) is 0 Å². The Morgan fingerprint density at radius 1 is 1.44 bits per heavy atom. The monoisotopic (exact) mass is 234 g/mol. The van der Waals surface area contributed by atoms with Gasteiger partial charge in [-0.3, -0.25) is 9.80 Å². The summed E-state index contributed by atoms with van der Waals surface area (Å²) in [5, 5.41) is 4.52. The van der Waals surface area contributed by atoms with E-state index in [1.54, 1.807) is 18.4 Å². The summed E-state index contributed by atoms with van der Waals surface area (Å²) in [6.07, 6.45) is 1.22. The van der Waals surface area contributed by atoms with Crippen LogP contribution in [0.15, 0.2) is 29.6 Å². The van der Waals surface area contributed by atoms with Gasteiger partial charge in [0.1, 0.15) is 0 Å². The third kappa shape index (κ3) is 2.23. The number of aryl methyl sites for hydroxylation is 1. The average molecular weight is 234 g/mol. The maximum absolute atomic E-state index is 11.4. The molecule has 0 aliphatic rings. The van der Waals surface area contributed by atoms with E-state index in [4.69, 9.17) is 5.84 Å². The topological polar surface area (TPSA) is 46.3 Å². The zero-order chi connectivity index (χ0) is 11.5. The van der Waals surface area contributed by atoms with Crippen LogP contribution in [-0.4, -0.2) is 18.0 Å². The fraction of sp³-hybridized carbons (Fsp3) is 0.250. The standard InChI is InChI=1S/C12H14N2OS/c1-14(13)12(15)7-6-9-8-16-11-5-3-2-4-10(9)11/h2-5,8H,6-7,13H2,1H3. The third-order valence-corrected chi connectivity index (χ3v) is 3.58. The van der Waals surface area contributed by atoms with E-state index in [0.717, 1.165) is 11.4 Å². The molecule has 2 N–H and O–H groups in total. The van der Waals surface area contributed by atoms with Gasteiger partial charge in [-0.05, 0) is 28.8 Å². The molecule has 3 nitrogen and oxygen atoms in total. The lowest BCUT2D eigenvalue weighted by Crippen LogP contribution is -2.33. The minimum atomic E-state index is -0.0321. The summed E-state index contributed by atoms with van der Waals surface area (Å²) < 4.78 is 1.27. The van der Waals surface area contributed by atoms with E-state index < -0.39 is 0 Å². The van der Waals surface area contributed by atoms with Crippen molar-refractivity contribution in [1.29, 1.82) is 0 Å². The molecule has 1 amide bonds. The van der Waals surface area contributed by atoms with Crippen molar-refractivity contribution in [3.63, 3.8) is 0 Å². The number of carbonyl (C=O) groups is 1. The Labute approximate surface area is 98.4 Å². The summed E-state index contributed by atoms with van der Waals surface area (Å²) in [6.45, 7) is 0. The van der Waals surface area contributed by atoms with E-state index >= 15 is 0 Å². The van der Waals surface area contributed by atoms with Crippen LogP contribution in [0.4, 0.5) is 0 Å². The van der Waals surface area contributed by atoms with Crippen molar-refractivity contribution in [3.8, 4) is 0 Å². The molecule has 0 spiro atoms. The summed E-state index contributed by atoms with van der Waals surface area (Å²) in [6, 6.07) is 8.25. The Hall–Kier alpha value is -1.39. The second kappa shape index (κ2) is 4.63. The van der Waals surface area contributed by atoms with E-state index in [1.165, 1.54) is 15.6 Å². The van der Waals surface area contributed by atoms with Crippen molar-refractivity contribution in [2.45, 2.75) is 12.8 Å². The number of hydrogen-bond donors (Lipinski definition) is 1. The SMILES string of the molecule is CN(N)C(=O)CCc1csc2ccccc12. The van der Waals surface area contributed by atoms with E-state index in [1.807, 2.05) is 12.1 Å². The zero-order valence-electron chi connectivity index (χ0n) is 9.14. The summed E-state index contributed by atoms with van der Waals surface area (Å²) in [5.74, 6) is 5.34. The first-order valence-corrected chi connectivity index (χ1v) is 6.03. The normalized spacial score (nSPS) is 10.6. The molecular weight excluding hydrogens is 220 g/mol. The Morgan fingerprint density at radius 2 is 2.19 bits per heavy atom.